The Labute approximate surface area is 159 Å². The van der Waals surface area contributed by atoms with Crippen molar-refractivity contribution in [1.82, 2.24) is 19.7 Å². The number of hydrogen-bond donors (Lipinski definition) is 0. The summed E-state index contributed by atoms with van der Waals surface area (Å²) in [7, 11) is 0. The highest BCUT2D eigenvalue weighted by Gasteiger charge is 2.19. The molecule has 3 rings (SSSR count). The van der Waals surface area contributed by atoms with Gasteiger partial charge in [-0.05, 0) is 12.1 Å². The van der Waals surface area contributed by atoms with Gasteiger partial charge in [-0.3, -0.25) is 4.68 Å². The Morgan fingerprint density at radius 2 is 1.67 bits per heavy atom. The first-order valence-electron chi connectivity index (χ1n) is 7.43. The maximum atomic E-state index is 13.9. The summed E-state index contributed by atoms with van der Waals surface area (Å²) < 4.78 is 67.6. The summed E-state index contributed by atoms with van der Waals surface area (Å²) in [6.45, 7) is -0.311. The van der Waals surface area contributed by atoms with E-state index in [9.17, 15) is 22.0 Å². The maximum absolute atomic E-state index is 13.9. The van der Waals surface area contributed by atoms with E-state index in [1.807, 2.05) is 0 Å². The molecule has 27 heavy (non-hydrogen) atoms. The lowest BCUT2D eigenvalue weighted by atomic mass is 10.2. The third-order valence-electron chi connectivity index (χ3n) is 3.58. The predicted molar refractivity (Wildman–Crippen MR) is 88.4 cm³/mol. The molecule has 2 aromatic heterocycles. The number of rotatable bonds is 5. The standard InChI is InChI=1S/C16H9Cl2F5N4/c17-14-13(23)15(18)25-16(24-14)10-4-8(5-11(20)21)27(26-10)6-7-2-1-3-9(19)12(7)22/h1-4,11H,5-6H2. The van der Waals surface area contributed by atoms with Crippen LogP contribution in [-0.4, -0.2) is 26.2 Å². The molecule has 0 amide bonds. The van der Waals surface area contributed by atoms with Gasteiger partial charge in [0.2, 0.25) is 6.43 Å². The summed E-state index contributed by atoms with van der Waals surface area (Å²) in [5.41, 5.74) is -0.0913. The van der Waals surface area contributed by atoms with E-state index in [0.29, 0.717) is 0 Å². The highest BCUT2D eigenvalue weighted by molar-refractivity contribution is 6.33. The van der Waals surface area contributed by atoms with Crippen LogP contribution in [0.25, 0.3) is 11.5 Å². The number of hydrogen-bond acceptors (Lipinski definition) is 3. The fourth-order valence-corrected chi connectivity index (χ4v) is 2.75. The van der Waals surface area contributed by atoms with Crippen LogP contribution in [0.1, 0.15) is 11.3 Å². The molecule has 0 saturated heterocycles. The zero-order chi connectivity index (χ0) is 19.7. The van der Waals surface area contributed by atoms with Crippen LogP contribution in [0.4, 0.5) is 22.0 Å². The second kappa shape index (κ2) is 7.77. The summed E-state index contributed by atoms with van der Waals surface area (Å²) in [5, 5.41) is 2.91. The van der Waals surface area contributed by atoms with Gasteiger partial charge in [0, 0.05) is 11.3 Å². The van der Waals surface area contributed by atoms with Crippen molar-refractivity contribution in [3.63, 3.8) is 0 Å². The molecule has 0 aliphatic heterocycles. The molecule has 2 heterocycles. The number of aromatic nitrogens is 4. The molecule has 3 aromatic rings. The third-order valence-corrected chi connectivity index (χ3v) is 4.08. The van der Waals surface area contributed by atoms with Gasteiger partial charge in [0.1, 0.15) is 5.69 Å². The largest absolute Gasteiger partial charge is 0.264 e. The Hall–Kier alpha value is -2.26. The molecule has 142 valence electrons. The van der Waals surface area contributed by atoms with E-state index in [1.54, 1.807) is 0 Å². The van der Waals surface area contributed by atoms with Gasteiger partial charge in [0.25, 0.3) is 0 Å². The van der Waals surface area contributed by atoms with E-state index >= 15 is 0 Å². The lowest BCUT2D eigenvalue weighted by Crippen LogP contribution is -2.11. The van der Waals surface area contributed by atoms with Gasteiger partial charge in [-0.25, -0.2) is 31.9 Å². The molecule has 0 spiro atoms. The molecule has 4 nitrogen and oxygen atoms in total. The number of halogens is 7. The number of alkyl halides is 2. The van der Waals surface area contributed by atoms with E-state index in [0.717, 1.165) is 10.7 Å². The first-order valence-corrected chi connectivity index (χ1v) is 8.18. The van der Waals surface area contributed by atoms with E-state index in [1.165, 1.54) is 18.2 Å². The molecule has 0 aliphatic carbocycles. The zero-order valence-corrected chi connectivity index (χ0v) is 14.7. The van der Waals surface area contributed by atoms with Crippen LogP contribution in [-0.2, 0) is 13.0 Å². The normalized spacial score (nSPS) is 11.4. The van der Waals surface area contributed by atoms with Gasteiger partial charge < -0.3 is 0 Å². The average molecular weight is 423 g/mol. The molecular weight excluding hydrogens is 414 g/mol. The Morgan fingerprint density at radius 1 is 1.00 bits per heavy atom. The van der Waals surface area contributed by atoms with Crippen LogP contribution >= 0.6 is 23.2 Å². The second-order valence-electron chi connectivity index (χ2n) is 5.43. The third kappa shape index (κ3) is 4.19. The minimum Gasteiger partial charge on any atom is -0.264 e. The van der Waals surface area contributed by atoms with Crippen molar-refractivity contribution in [2.24, 2.45) is 0 Å². The molecule has 0 saturated carbocycles. The van der Waals surface area contributed by atoms with Crippen molar-refractivity contribution in [3.8, 4) is 11.5 Å². The number of nitrogens with zero attached hydrogens (tertiary/aromatic N) is 4. The summed E-state index contributed by atoms with van der Waals surface area (Å²) >= 11 is 11.2. The fraction of sp³-hybridized carbons (Fsp3) is 0.188. The highest BCUT2D eigenvalue weighted by Crippen LogP contribution is 2.25. The van der Waals surface area contributed by atoms with E-state index < -0.39 is 40.6 Å². The monoisotopic (exact) mass is 422 g/mol. The van der Waals surface area contributed by atoms with Crippen LogP contribution < -0.4 is 0 Å². The van der Waals surface area contributed by atoms with Crippen LogP contribution in [0.15, 0.2) is 24.3 Å². The average Bonchev–Trinajstić information content (AvgIpc) is 2.98. The van der Waals surface area contributed by atoms with Crippen molar-refractivity contribution in [3.05, 3.63) is 63.3 Å². The Balaban J connectivity index is 2.04. The molecule has 0 N–H and O–H groups in total. The first kappa shape index (κ1) is 19.5. The lowest BCUT2D eigenvalue weighted by molar-refractivity contribution is 0.146. The Morgan fingerprint density at radius 3 is 2.30 bits per heavy atom. The van der Waals surface area contributed by atoms with Crippen LogP contribution in [0.2, 0.25) is 10.3 Å². The molecule has 0 aliphatic rings. The lowest BCUT2D eigenvalue weighted by Gasteiger charge is -2.08. The van der Waals surface area contributed by atoms with Crippen molar-refractivity contribution in [1.29, 1.82) is 0 Å². The summed E-state index contributed by atoms with van der Waals surface area (Å²) in [6.07, 6.45) is -3.42. The molecule has 0 radical (unpaired) electrons. The van der Waals surface area contributed by atoms with Crippen molar-refractivity contribution < 1.29 is 22.0 Å². The van der Waals surface area contributed by atoms with Crippen molar-refractivity contribution in [2.75, 3.05) is 0 Å². The topological polar surface area (TPSA) is 43.6 Å². The van der Waals surface area contributed by atoms with Gasteiger partial charge in [0.15, 0.2) is 33.6 Å². The zero-order valence-electron chi connectivity index (χ0n) is 13.2. The predicted octanol–water partition coefficient (Wildman–Crippen LogP) is 4.92. The van der Waals surface area contributed by atoms with Crippen molar-refractivity contribution in [2.45, 2.75) is 19.4 Å². The van der Waals surface area contributed by atoms with E-state index in [2.05, 4.69) is 15.1 Å². The first-order chi connectivity index (χ1) is 12.8. The molecule has 0 fully saturated rings. The molecule has 0 unspecified atom stereocenters. The second-order valence-corrected chi connectivity index (χ2v) is 6.15. The van der Waals surface area contributed by atoms with E-state index in [-0.39, 0.29) is 29.3 Å². The molecule has 11 heteroatoms. The van der Waals surface area contributed by atoms with Crippen LogP contribution in [0.5, 0.6) is 0 Å². The Kier molecular flexibility index (Phi) is 5.61. The summed E-state index contributed by atoms with van der Waals surface area (Å²) in [6, 6.07) is 4.74. The molecule has 0 atom stereocenters. The molecule has 1 aromatic carbocycles. The smallest absolute Gasteiger partial charge is 0.244 e. The van der Waals surface area contributed by atoms with E-state index in [4.69, 9.17) is 23.2 Å². The van der Waals surface area contributed by atoms with Gasteiger partial charge in [-0.2, -0.15) is 5.10 Å². The molecule has 0 bridgehead atoms. The van der Waals surface area contributed by atoms with Crippen LogP contribution in [0, 0.1) is 17.5 Å². The molecular formula is C16H9Cl2F5N4. The highest BCUT2D eigenvalue weighted by atomic mass is 35.5. The van der Waals surface area contributed by atoms with Gasteiger partial charge >= 0.3 is 0 Å². The minimum atomic E-state index is -2.72. The van der Waals surface area contributed by atoms with Crippen molar-refractivity contribution >= 4 is 23.2 Å². The fourth-order valence-electron chi connectivity index (χ4n) is 2.36. The maximum Gasteiger partial charge on any atom is 0.244 e. The Bertz CT molecular complexity index is 970. The van der Waals surface area contributed by atoms with Gasteiger partial charge in [0.05, 0.1) is 13.0 Å². The summed E-state index contributed by atoms with van der Waals surface area (Å²) in [5.74, 6) is -3.41. The van der Waals surface area contributed by atoms with Crippen LogP contribution in [0.3, 0.4) is 0 Å². The minimum absolute atomic E-state index is 0.0174. The summed E-state index contributed by atoms with van der Waals surface area (Å²) in [4.78, 5) is 7.35. The SMILES string of the molecule is Fc1cccc(Cn2nc(-c3nc(Cl)c(F)c(Cl)n3)cc2CC(F)F)c1F. The number of benzene rings is 1. The quantitative estimate of drug-likeness (QED) is 0.432. The van der Waals surface area contributed by atoms with Gasteiger partial charge in [-0.1, -0.05) is 35.3 Å². The van der Waals surface area contributed by atoms with Gasteiger partial charge in [-0.15, -0.1) is 0 Å².